The van der Waals surface area contributed by atoms with Gasteiger partial charge < -0.3 is 24.9 Å². The summed E-state index contributed by atoms with van der Waals surface area (Å²) >= 11 is 5.96. The van der Waals surface area contributed by atoms with Crippen LogP contribution in [0.25, 0.3) is 11.3 Å². The van der Waals surface area contributed by atoms with Gasteiger partial charge in [-0.05, 0) is 35.9 Å². The number of halogens is 1. The number of para-hydroxylation sites is 1. The average molecular weight is 443 g/mol. The molecule has 0 bridgehead atoms. The Kier molecular flexibility index (Phi) is 7.42. The first kappa shape index (κ1) is 22.1. The second-order valence-electron chi connectivity index (χ2n) is 6.46. The Morgan fingerprint density at radius 1 is 1.00 bits per heavy atom. The SMILES string of the molecule is O=C(COCC(=O)Nc1c(Cl)cccc1C(=O)O)NCc1cccc(-c2ccco2)c1. The van der Waals surface area contributed by atoms with E-state index >= 15 is 0 Å². The number of rotatable bonds is 9. The number of anilines is 1. The molecule has 0 atom stereocenters. The fraction of sp³-hybridized carbons (Fsp3) is 0.136. The zero-order chi connectivity index (χ0) is 22.2. The zero-order valence-corrected chi connectivity index (χ0v) is 17.0. The Morgan fingerprint density at radius 2 is 1.77 bits per heavy atom. The number of aromatic carboxylic acids is 1. The van der Waals surface area contributed by atoms with Gasteiger partial charge in [0, 0.05) is 12.1 Å². The molecule has 0 aliphatic heterocycles. The van der Waals surface area contributed by atoms with Gasteiger partial charge in [0.2, 0.25) is 11.8 Å². The second kappa shape index (κ2) is 10.4. The molecule has 0 unspecified atom stereocenters. The maximum Gasteiger partial charge on any atom is 0.337 e. The average Bonchev–Trinajstić information content (AvgIpc) is 3.29. The first-order valence-electron chi connectivity index (χ1n) is 9.23. The van der Waals surface area contributed by atoms with Crippen LogP contribution in [-0.4, -0.2) is 36.1 Å². The first-order valence-corrected chi connectivity index (χ1v) is 9.61. The maximum atomic E-state index is 12.0. The van der Waals surface area contributed by atoms with Gasteiger partial charge in [0.15, 0.2) is 0 Å². The number of carboxylic acid groups (broad SMARTS) is 1. The fourth-order valence-corrected chi connectivity index (χ4v) is 2.99. The molecule has 0 aliphatic rings. The molecule has 0 radical (unpaired) electrons. The Morgan fingerprint density at radius 3 is 2.52 bits per heavy atom. The van der Waals surface area contributed by atoms with Crippen molar-refractivity contribution in [2.45, 2.75) is 6.54 Å². The number of hydrogen-bond donors (Lipinski definition) is 3. The fourth-order valence-electron chi connectivity index (χ4n) is 2.77. The van der Waals surface area contributed by atoms with Crippen LogP contribution in [0.2, 0.25) is 5.02 Å². The molecule has 1 aromatic heterocycles. The van der Waals surface area contributed by atoms with Crippen LogP contribution in [0, 0.1) is 0 Å². The summed E-state index contributed by atoms with van der Waals surface area (Å²) in [6.07, 6.45) is 1.59. The molecule has 0 saturated heterocycles. The van der Waals surface area contributed by atoms with E-state index in [-0.39, 0.29) is 29.4 Å². The van der Waals surface area contributed by atoms with Gasteiger partial charge in [0.05, 0.1) is 22.5 Å². The lowest BCUT2D eigenvalue weighted by Crippen LogP contribution is -2.29. The van der Waals surface area contributed by atoms with Crippen LogP contribution >= 0.6 is 11.6 Å². The largest absolute Gasteiger partial charge is 0.478 e. The standard InChI is InChI=1S/C22H19ClN2O6/c23-17-7-2-6-16(22(28)29)21(17)25-20(27)13-30-12-19(26)24-11-14-4-1-5-15(10-14)18-8-3-9-31-18/h1-10H,11-13H2,(H,24,26)(H,25,27)(H,28,29). The topological polar surface area (TPSA) is 118 Å². The van der Waals surface area contributed by atoms with Crippen molar-refractivity contribution in [1.29, 1.82) is 0 Å². The van der Waals surface area contributed by atoms with Crippen molar-refractivity contribution in [2.24, 2.45) is 0 Å². The van der Waals surface area contributed by atoms with Crippen molar-refractivity contribution in [3.63, 3.8) is 0 Å². The number of nitrogens with one attached hydrogen (secondary N) is 2. The molecule has 0 saturated carbocycles. The monoisotopic (exact) mass is 442 g/mol. The van der Waals surface area contributed by atoms with Crippen molar-refractivity contribution >= 4 is 35.1 Å². The van der Waals surface area contributed by atoms with Gasteiger partial charge >= 0.3 is 5.97 Å². The third-order valence-corrected chi connectivity index (χ3v) is 4.51. The normalized spacial score (nSPS) is 10.5. The summed E-state index contributed by atoms with van der Waals surface area (Å²) in [4.78, 5) is 35.2. The minimum atomic E-state index is -1.23. The summed E-state index contributed by atoms with van der Waals surface area (Å²) in [6, 6.07) is 15.4. The Hall–Kier alpha value is -3.62. The quantitative estimate of drug-likeness (QED) is 0.466. The number of carbonyl (C=O) groups is 3. The summed E-state index contributed by atoms with van der Waals surface area (Å²) in [5.74, 6) is -1.53. The molecule has 0 aliphatic carbocycles. The number of ether oxygens (including phenoxy) is 1. The Balaban J connectivity index is 1.44. The van der Waals surface area contributed by atoms with Gasteiger partial charge in [0.1, 0.15) is 19.0 Å². The van der Waals surface area contributed by atoms with E-state index in [0.717, 1.165) is 16.9 Å². The van der Waals surface area contributed by atoms with Gasteiger partial charge in [-0.25, -0.2) is 4.79 Å². The van der Waals surface area contributed by atoms with Gasteiger partial charge in [0.25, 0.3) is 0 Å². The predicted molar refractivity (Wildman–Crippen MR) is 114 cm³/mol. The lowest BCUT2D eigenvalue weighted by molar-refractivity contribution is -0.128. The van der Waals surface area contributed by atoms with Crippen LogP contribution in [0.5, 0.6) is 0 Å². The number of benzene rings is 2. The van der Waals surface area contributed by atoms with Crippen LogP contribution in [0.15, 0.2) is 65.3 Å². The van der Waals surface area contributed by atoms with E-state index < -0.39 is 24.4 Å². The molecule has 160 valence electrons. The zero-order valence-electron chi connectivity index (χ0n) is 16.3. The van der Waals surface area contributed by atoms with Gasteiger partial charge in [-0.1, -0.05) is 35.9 Å². The highest BCUT2D eigenvalue weighted by atomic mass is 35.5. The van der Waals surface area contributed by atoms with E-state index in [1.54, 1.807) is 12.3 Å². The van der Waals surface area contributed by atoms with E-state index in [1.807, 2.05) is 30.3 Å². The molecule has 1 heterocycles. The van der Waals surface area contributed by atoms with Gasteiger partial charge in [-0.3, -0.25) is 9.59 Å². The molecule has 0 spiro atoms. The summed E-state index contributed by atoms with van der Waals surface area (Å²) in [5, 5.41) is 14.4. The van der Waals surface area contributed by atoms with Crippen LogP contribution < -0.4 is 10.6 Å². The smallest absolute Gasteiger partial charge is 0.337 e. The molecule has 9 heteroatoms. The first-order chi connectivity index (χ1) is 14.9. The molecule has 0 fully saturated rings. The number of furan rings is 1. The van der Waals surface area contributed by atoms with E-state index in [4.69, 9.17) is 20.8 Å². The van der Waals surface area contributed by atoms with E-state index in [2.05, 4.69) is 10.6 Å². The summed E-state index contributed by atoms with van der Waals surface area (Å²) in [5.41, 5.74) is 1.60. The highest BCUT2D eigenvalue weighted by Gasteiger charge is 2.16. The van der Waals surface area contributed by atoms with Crippen molar-refractivity contribution in [3.8, 4) is 11.3 Å². The summed E-state index contributed by atoms with van der Waals surface area (Å²) < 4.78 is 10.5. The van der Waals surface area contributed by atoms with Gasteiger partial charge in [-0.15, -0.1) is 0 Å². The van der Waals surface area contributed by atoms with Crippen molar-refractivity contribution < 1.29 is 28.6 Å². The number of hydrogen-bond acceptors (Lipinski definition) is 5. The van der Waals surface area contributed by atoms with E-state index in [0.29, 0.717) is 0 Å². The molecule has 2 amide bonds. The predicted octanol–water partition coefficient (Wildman–Crippen LogP) is 3.57. The van der Waals surface area contributed by atoms with E-state index in [1.165, 1.54) is 18.2 Å². The third-order valence-electron chi connectivity index (χ3n) is 4.20. The van der Waals surface area contributed by atoms with E-state index in [9.17, 15) is 19.5 Å². The number of carboxylic acids is 1. The highest BCUT2D eigenvalue weighted by Crippen LogP contribution is 2.26. The van der Waals surface area contributed by atoms with Gasteiger partial charge in [-0.2, -0.15) is 0 Å². The van der Waals surface area contributed by atoms with Crippen LogP contribution in [-0.2, 0) is 20.9 Å². The van der Waals surface area contributed by atoms with Crippen LogP contribution in [0.1, 0.15) is 15.9 Å². The van der Waals surface area contributed by atoms with Crippen LogP contribution in [0.4, 0.5) is 5.69 Å². The molecule has 3 N–H and O–H groups in total. The lowest BCUT2D eigenvalue weighted by atomic mass is 10.1. The molecule has 2 aromatic carbocycles. The van der Waals surface area contributed by atoms with Crippen molar-refractivity contribution in [2.75, 3.05) is 18.5 Å². The Bertz CT molecular complexity index is 1080. The van der Waals surface area contributed by atoms with Crippen molar-refractivity contribution in [1.82, 2.24) is 5.32 Å². The lowest BCUT2D eigenvalue weighted by Gasteiger charge is -2.11. The molecule has 3 rings (SSSR count). The summed E-state index contributed by atoms with van der Waals surface area (Å²) in [6.45, 7) is -0.490. The maximum absolute atomic E-state index is 12.0. The molecule has 31 heavy (non-hydrogen) atoms. The summed E-state index contributed by atoms with van der Waals surface area (Å²) in [7, 11) is 0. The molecular formula is C22H19ClN2O6. The number of carbonyl (C=O) groups excluding carboxylic acids is 2. The highest BCUT2D eigenvalue weighted by molar-refractivity contribution is 6.34. The Labute approximate surface area is 182 Å². The second-order valence-corrected chi connectivity index (χ2v) is 6.87. The minimum Gasteiger partial charge on any atom is -0.478 e. The molecule has 8 nitrogen and oxygen atoms in total. The van der Waals surface area contributed by atoms with Crippen LogP contribution in [0.3, 0.4) is 0 Å². The minimum absolute atomic E-state index is 0.0221. The molecule has 3 aromatic rings. The van der Waals surface area contributed by atoms with Crippen molar-refractivity contribution in [3.05, 3.63) is 77.0 Å². The third kappa shape index (κ3) is 6.18. The number of amides is 2. The molecular weight excluding hydrogens is 424 g/mol.